The predicted molar refractivity (Wildman–Crippen MR) is 123 cm³/mol. The molecule has 0 bridgehead atoms. The molecule has 2 N–H and O–H groups in total. The van der Waals surface area contributed by atoms with Crippen LogP contribution in [0.5, 0.6) is 5.75 Å². The average Bonchev–Trinajstić information content (AvgIpc) is 2.78. The first-order valence-corrected chi connectivity index (χ1v) is 11.6. The van der Waals surface area contributed by atoms with Gasteiger partial charge >= 0.3 is 5.63 Å². The summed E-state index contributed by atoms with van der Waals surface area (Å²) in [7, 11) is 0. The molecular formula is C25H32N2O6. The van der Waals surface area contributed by atoms with Crippen molar-refractivity contribution < 1.29 is 23.8 Å². The number of likely N-dealkylation sites (tertiary alicyclic amines) is 1. The van der Waals surface area contributed by atoms with Crippen molar-refractivity contribution in [1.29, 1.82) is 0 Å². The minimum absolute atomic E-state index is 0.102. The van der Waals surface area contributed by atoms with E-state index in [9.17, 15) is 19.5 Å². The number of carbonyl (C=O) groups excluding carboxylic acids is 2. The Morgan fingerprint density at radius 2 is 2.00 bits per heavy atom. The second-order valence-corrected chi connectivity index (χ2v) is 9.48. The van der Waals surface area contributed by atoms with E-state index in [1.807, 2.05) is 13.8 Å². The second-order valence-electron chi connectivity index (χ2n) is 9.48. The maximum absolute atomic E-state index is 12.6. The van der Waals surface area contributed by atoms with Crippen molar-refractivity contribution in [3.05, 3.63) is 39.2 Å². The fraction of sp³-hybridized carbons (Fsp3) is 0.560. The van der Waals surface area contributed by atoms with Gasteiger partial charge in [-0.2, -0.15) is 0 Å². The molecule has 1 aromatic heterocycles. The van der Waals surface area contributed by atoms with Crippen LogP contribution in [0.2, 0.25) is 0 Å². The maximum Gasteiger partial charge on any atom is 0.339 e. The zero-order valence-electron chi connectivity index (χ0n) is 19.5. The number of amides is 2. The number of aryl methyl sites for hydroxylation is 2. The average molecular weight is 457 g/mol. The van der Waals surface area contributed by atoms with Crippen LogP contribution in [-0.2, 0) is 9.59 Å². The lowest BCUT2D eigenvalue weighted by atomic mass is 9.71. The summed E-state index contributed by atoms with van der Waals surface area (Å²) in [5.41, 5.74) is 1.47. The summed E-state index contributed by atoms with van der Waals surface area (Å²) in [6, 6.07) is 3.56. The highest BCUT2D eigenvalue weighted by Gasteiger charge is 2.43. The Hall–Kier alpha value is -2.87. The van der Waals surface area contributed by atoms with Crippen molar-refractivity contribution in [2.45, 2.75) is 58.5 Å². The van der Waals surface area contributed by atoms with Gasteiger partial charge in [0.15, 0.2) is 6.61 Å². The summed E-state index contributed by atoms with van der Waals surface area (Å²) in [4.78, 5) is 38.8. The number of piperidine rings is 1. The van der Waals surface area contributed by atoms with E-state index in [4.69, 9.17) is 9.15 Å². The summed E-state index contributed by atoms with van der Waals surface area (Å²) in [5.74, 6) is 0.0222. The second kappa shape index (κ2) is 9.17. The number of nitrogens with zero attached hydrogens (tertiary/aromatic N) is 1. The normalized spacial score (nSPS) is 22.7. The molecule has 0 radical (unpaired) electrons. The highest BCUT2D eigenvalue weighted by atomic mass is 16.5. The van der Waals surface area contributed by atoms with Crippen LogP contribution in [-0.4, -0.2) is 53.7 Å². The van der Waals surface area contributed by atoms with E-state index < -0.39 is 17.1 Å². The number of hydrogen-bond acceptors (Lipinski definition) is 6. The molecule has 8 nitrogen and oxygen atoms in total. The Kier molecular flexibility index (Phi) is 6.47. The molecule has 1 aromatic carbocycles. The van der Waals surface area contributed by atoms with Crippen molar-refractivity contribution in [3.8, 4) is 5.75 Å². The van der Waals surface area contributed by atoms with Gasteiger partial charge in [-0.1, -0.05) is 12.8 Å². The summed E-state index contributed by atoms with van der Waals surface area (Å²) in [6.07, 6.45) is 4.46. The van der Waals surface area contributed by atoms with Gasteiger partial charge in [-0.05, 0) is 63.3 Å². The van der Waals surface area contributed by atoms with E-state index >= 15 is 0 Å². The van der Waals surface area contributed by atoms with Crippen molar-refractivity contribution in [3.63, 3.8) is 0 Å². The molecule has 1 aliphatic carbocycles. The molecule has 33 heavy (non-hydrogen) atoms. The van der Waals surface area contributed by atoms with E-state index in [1.54, 1.807) is 24.0 Å². The van der Waals surface area contributed by atoms with Crippen LogP contribution in [0.4, 0.5) is 0 Å². The molecule has 2 atom stereocenters. The lowest BCUT2D eigenvalue weighted by Gasteiger charge is -2.47. The van der Waals surface area contributed by atoms with Crippen molar-refractivity contribution >= 4 is 22.8 Å². The lowest BCUT2D eigenvalue weighted by molar-refractivity contribution is -0.143. The van der Waals surface area contributed by atoms with Crippen molar-refractivity contribution in [1.82, 2.24) is 10.2 Å². The van der Waals surface area contributed by atoms with Crippen LogP contribution in [0.25, 0.3) is 11.0 Å². The Balaban J connectivity index is 1.35. The molecule has 1 saturated heterocycles. The Morgan fingerprint density at radius 3 is 2.79 bits per heavy atom. The summed E-state index contributed by atoms with van der Waals surface area (Å²) >= 11 is 0. The number of ether oxygens (including phenoxy) is 1. The first-order valence-electron chi connectivity index (χ1n) is 11.6. The van der Waals surface area contributed by atoms with Gasteiger partial charge in [0.1, 0.15) is 11.3 Å². The number of nitrogens with one attached hydrogen (secondary N) is 1. The molecule has 0 spiro atoms. The number of aliphatic hydroxyl groups is 1. The third-order valence-corrected chi connectivity index (χ3v) is 7.23. The molecule has 2 amide bonds. The quantitative estimate of drug-likeness (QED) is 0.669. The first kappa shape index (κ1) is 23.3. The van der Waals surface area contributed by atoms with Crippen LogP contribution in [0.1, 0.15) is 48.8 Å². The number of carbonyl (C=O) groups is 2. The highest BCUT2D eigenvalue weighted by molar-refractivity contribution is 5.89. The van der Waals surface area contributed by atoms with Gasteiger partial charge in [-0.15, -0.1) is 0 Å². The van der Waals surface area contributed by atoms with E-state index in [1.165, 1.54) is 0 Å². The largest absolute Gasteiger partial charge is 0.483 e. The van der Waals surface area contributed by atoms with E-state index in [0.29, 0.717) is 41.8 Å². The molecule has 1 aliphatic heterocycles. The van der Waals surface area contributed by atoms with Crippen LogP contribution >= 0.6 is 0 Å². The van der Waals surface area contributed by atoms with Crippen LogP contribution in [0.3, 0.4) is 0 Å². The predicted octanol–water partition coefficient (Wildman–Crippen LogP) is 2.37. The molecular weight excluding hydrogens is 424 g/mol. The van der Waals surface area contributed by atoms with Crippen LogP contribution < -0.4 is 15.7 Å². The Labute approximate surface area is 192 Å². The van der Waals surface area contributed by atoms with E-state index in [2.05, 4.69) is 5.32 Å². The Morgan fingerprint density at radius 1 is 1.21 bits per heavy atom. The maximum atomic E-state index is 12.6. The molecule has 4 rings (SSSR count). The van der Waals surface area contributed by atoms with E-state index in [0.717, 1.165) is 36.8 Å². The van der Waals surface area contributed by atoms with Crippen molar-refractivity contribution in [2.24, 2.45) is 5.92 Å². The van der Waals surface area contributed by atoms with Crippen molar-refractivity contribution in [2.75, 3.05) is 26.2 Å². The summed E-state index contributed by atoms with van der Waals surface area (Å²) in [5, 5.41) is 14.1. The topological polar surface area (TPSA) is 109 Å². The van der Waals surface area contributed by atoms with Gasteiger partial charge in [-0.3, -0.25) is 9.59 Å². The zero-order valence-corrected chi connectivity index (χ0v) is 19.5. The summed E-state index contributed by atoms with van der Waals surface area (Å²) < 4.78 is 11.2. The number of benzene rings is 1. The number of fused-ring (bicyclic) bond motifs is 2. The van der Waals surface area contributed by atoms with Gasteiger partial charge in [0.25, 0.3) is 5.91 Å². The lowest BCUT2D eigenvalue weighted by Crippen LogP contribution is -2.56. The first-order chi connectivity index (χ1) is 15.7. The highest BCUT2D eigenvalue weighted by Crippen LogP contribution is 2.39. The molecule has 2 fully saturated rings. The minimum Gasteiger partial charge on any atom is -0.483 e. The fourth-order valence-electron chi connectivity index (χ4n) is 5.08. The number of hydrogen-bond donors (Lipinski definition) is 2. The molecule has 2 aliphatic rings. The van der Waals surface area contributed by atoms with Gasteiger partial charge in [-0.25, -0.2) is 4.79 Å². The monoisotopic (exact) mass is 456 g/mol. The third-order valence-electron chi connectivity index (χ3n) is 7.23. The van der Waals surface area contributed by atoms with Gasteiger partial charge in [0, 0.05) is 24.6 Å². The smallest absolute Gasteiger partial charge is 0.339 e. The molecule has 1 saturated carbocycles. The number of rotatable bonds is 5. The van der Waals surface area contributed by atoms with Gasteiger partial charge < -0.3 is 24.5 Å². The van der Waals surface area contributed by atoms with Crippen LogP contribution in [0, 0.1) is 26.7 Å². The molecule has 2 heterocycles. The summed E-state index contributed by atoms with van der Waals surface area (Å²) in [6.45, 7) is 6.06. The SMILES string of the molecule is Cc1cc(OCC(=O)NCC(=O)N2CC[C@]3(O)CCCC[C@@H]3C2)c2c(C)c(C)c(=O)oc2c1. The zero-order chi connectivity index (χ0) is 23.8. The van der Waals surface area contributed by atoms with Crippen LogP contribution in [0.15, 0.2) is 21.3 Å². The molecule has 8 heteroatoms. The molecule has 0 unspecified atom stereocenters. The Bertz CT molecular complexity index is 1140. The third kappa shape index (κ3) is 4.76. The fourth-order valence-corrected chi connectivity index (χ4v) is 5.08. The molecule has 178 valence electrons. The standard InChI is InChI=1S/C25H32N2O6/c1-15-10-19(23-16(2)17(3)24(30)33-20(23)11-15)32-14-21(28)26-12-22(29)27-9-8-25(31)7-5-4-6-18(25)13-27/h10-11,18,31H,4-9,12-14H2,1-3H3,(H,26,28)/t18-,25-/m1/s1. The minimum atomic E-state index is -0.641. The van der Waals surface area contributed by atoms with Gasteiger partial charge in [0.2, 0.25) is 5.91 Å². The molecule has 2 aromatic rings. The van der Waals surface area contributed by atoms with Gasteiger partial charge in [0.05, 0.1) is 17.5 Å². The van der Waals surface area contributed by atoms with E-state index in [-0.39, 0.29) is 25.0 Å².